The molecule has 0 saturated heterocycles. The third-order valence-corrected chi connectivity index (χ3v) is 6.21. The molecule has 0 radical (unpaired) electrons. The fraction of sp³-hybridized carbons (Fsp3) is 0.500. The van der Waals surface area contributed by atoms with Crippen molar-refractivity contribution in [2.24, 2.45) is 17.8 Å². The van der Waals surface area contributed by atoms with E-state index in [0.717, 1.165) is 47.9 Å². The van der Waals surface area contributed by atoms with Crippen LogP contribution >= 0.6 is 0 Å². The number of nitrogens with one attached hydrogen (secondary N) is 1. The zero-order chi connectivity index (χ0) is 18.3. The van der Waals surface area contributed by atoms with Crippen LogP contribution in [0, 0.1) is 17.8 Å². The zero-order valence-corrected chi connectivity index (χ0v) is 15.3. The number of aromatic amines is 1. The van der Waals surface area contributed by atoms with Gasteiger partial charge >= 0.3 is 5.97 Å². The molecule has 0 atom stereocenters. The summed E-state index contributed by atoms with van der Waals surface area (Å²) < 4.78 is 5.77. The predicted molar refractivity (Wildman–Crippen MR) is 102 cm³/mol. The van der Waals surface area contributed by atoms with Gasteiger partial charge in [-0.2, -0.15) is 0 Å². The Morgan fingerprint density at radius 1 is 1.15 bits per heavy atom. The average molecular weight is 353 g/mol. The van der Waals surface area contributed by atoms with Gasteiger partial charge in [0.1, 0.15) is 11.4 Å². The van der Waals surface area contributed by atoms with Crippen LogP contribution in [0.5, 0.6) is 5.75 Å². The van der Waals surface area contributed by atoms with Crippen molar-refractivity contribution in [3.8, 4) is 5.75 Å². The molecule has 4 aliphatic rings. The van der Waals surface area contributed by atoms with Crippen LogP contribution in [0.3, 0.4) is 0 Å². The maximum Gasteiger partial charge on any atom is 0.333 e. The molecule has 0 spiro atoms. The quantitative estimate of drug-likeness (QED) is 0.593. The molecule has 4 bridgehead atoms. The van der Waals surface area contributed by atoms with Crippen molar-refractivity contribution in [3.05, 3.63) is 42.6 Å². The SMILES string of the molecule is C=C(C)C(=O)OC12CC3CC(CC(C3)C1)C2.Oc1c[nH]c2ccccc12. The highest BCUT2D eigenvalue weighted by Crippen LogP contribution is 2.57. The summed E-state index contributed by atoms with van der Waals surface area (Å²) in [6, 6.07) is 7.63. The van der Waals surface area contributed by atoms with Crippen LogP contribution in [-0.2, 0) is 9.53 Å². The first-order valence-corrected chi connectivity index (χ1v) is 9.58. The topological polar surface area (TPSA) is 62.3 Å². The van der Waals surface area contributed by atoms with Gasteiger partial charge in [-0.05, 0) is 75.3 Å². The number of hydrogen-bond donors (Lipinski definition) is 2. The Kier molecular flexibility index (Phi) is 4.29. The summed E-state index contributed by atoms with van der Waals surface area (Å²) in [6.45, 7) is 5.42. The number of carbonyl (C=O) groups excluding carboxylic acids is 1. The zero-order valence-electron chi connectivity index (χ0n) is 15.3. The Morgan fingerprint density at radius 2 is 1.73 bits per heavy atom. The van der Waals surface area contributed by atoms with Crippen LogP contribution in [0.2, 0.25) is 0 Å². The molecule has 1 aromatic carbocycles. The van der Waals surface area contributed by atoms with E-state index < -0.39 is 0 Å². The van der Waals surface area contributed by atoms with Crippen molar-refractivity contribution in [2.45, 2.75) is 51.0 Å². The monoisotopic (exact) mass is 353 g/mol. The van der Waals surface area contributed by atoms with Gasteiger partial charge in [0, 0.05) is 22.7 Å². The summed E-state index contributed by atoms with van der Waals surface area (Å²) in [4.78, 5) is 14.6. The fourth-order valence-corrected chi connectivity index (χ4v) is 5.50. The van der Waals surface area contributed by atoms with E-state index in [-0.39, 0.29) is 11.6 Å². The second kappa shape index (κ2) is 6.49. The Morgan fingerprint density at radius 3 is 2.27 bits per heavy atom. The molecule has 2 aromatic rings. The molecule has 4 aliphatic carbocycles. The lowest BCUT2D eigenvalue weighted by Gasteiger charge is -2.55. The van der Waals surface area contributed by atoms with Gasteiger partial charge in [0.05, 0.1) is 0 Å². The van der Waals surface area contributed by atoms with E-state index in [1.54, 1.807) is 13.1 Å². The number of hydrogen-bond acceptors (Lipinski definition) is 3. The molecule has 4 fully saturated rings. The highest BCUT2D eigenvalue weighted by molar-refractivity contribution is 5.87. The van der Waals surface area contributed by atoms with Crippen molar-refractivity contribution in [1.82, 2.24) is 4.98 Å². The summed E-state index contributed by atoms with van der Waals surface area (Å²) in [6.07, 6.45) is 9.05. The minimum absolute atomic E-state index is 0.106. The van der Waals surface area contributed by atoms with Crippen molar-refractivity contribution >= 4 is 16.9 Å². The first kappa shape index (κ1) is 17.2. The molecule has 1 heterocycles. The lowest BCUT2D eigenvalue weighted by Crippen LogP contribution is -2.52. The highest BCUT2D eigenvalue weighted by Gasteiger charge is 2.53. The third-order valence-electron chi connectivity index (χ3n) is 6.21. The van der Waals surface area contributed by atoms with Crippen LogP contribution in [0.15, 0.2) is 42.6 Å². The maximum absolute atomic E-state index is 11.7. The summed E-state index contributed by atoms with van der Waals surface area (Å²) in [7, 11) is 0. The maximum atomic E-state index is 11.7. The highest BCUT2D eigenvalue weighted by atomic mass is 16.6. The number of aromatic nitrogens is 1. The van der Waals surface area contributed by atoms with Crippen molar-refractivity contribution in [3.63, 3.8) is 0 Å². The molecule has 1 aromatic heterocycles. The fourth-order valence-electron chi connectivity index (χ4n) is 5.50. The normalized spacial score (nSPS) is 31.3. The summed E-state index contributed by atoms with van der Waals surface area (Å²) in [5, 5.41) is 10.1. The second-order valence-electron chi connectivity index (χ2n) is 8.49. The van der Waals surface area contributed by atoms with E-state index in [0.29, 0.717) is 11.3 Å². The first-order chi connectivity index (χ1) is 12.4. The second-order valence-corrected chi connectivity index (χ2v) is 8.49. The van der Waals surface area contributed by atoms with Crippen LogP contribution in [-0.4, -0.2) is 21.7 Å². The minimum Gasteiger partial charge on any atom is -0.506 e. The number of ether oxygens (including phenoxy) is 1. The van der Waals surface area contributed by atoms with E-state index in [9.17, 15) is 9.90 Å². The molecule has 0 unspecified atom stereocenters. The van der Waals surface area contributed by atoms with Gasteiger partial charge in [0.25, 0.3) is 0 Å². The smallest absolute Gasteiger partial charge is 0.333 e. The molecule has 26 heavy (non-hydrogen) atoms. The Bertz CT molecular complexity index is 799. The first-order valence-electron chi connectivity index (χ1n) is 9.58. The molecule has 0 amide bonds. The van der Waals surface area contributed by atoms with Gasteiger partial charge in [-0.3, -0.25) is 0 Å². The molecule has 4 heteroatoms. The van der Waals surface area contributed by atoms with Crippen molar-refractivity contribution < 1.29 is 14.6 Å². The van der Waals surface area contributed by atoms with Crippen LogP contribution < -0.4 is 0 Å². The molecule has 138 valence electrons. The third kappa shape index (κ3) is 3.25. The number of esters is 1. The van der Waals surface area contributed by atoms with Gasteiger partial charge in [-0.1, -0.05) is 18.7 Å². The number of benzene rings is 1. The number of carbonyl (C=O) groups is 1. The van der Waals surface area contributed by atoms with Crippen LogP contribution in [0.4, 0.5) is 0 Å². The van der Waals surface area contributed by atoms with E-state index in [1.165, 1.54) is 19.3 Å². The number of H-pyrrole nitrogens is 1. The van der Waals surface area contributed by atoms with Crippen molar-refractivity contribution in [1.29, 1.82) is 0 Å². The average Bonchev–Trinajstić information content (AvgIpc) is 2.95. The summed E-state index contributed by atoms with van der Waals surface area (Å²) in [5.74, 6) is 2.61. The molecule has 6 rings (SSSR count). The van der Waals surface area contributed by atoms with Crippen molar-refractivity contribution in [2.75, 3.05) is 0 Å². The largest absolute Gasteiger partial charge is 0.506 e. The van der Waals surface area contributed by atoms with Gasteiger partial charge < -0.3 is 14.8 Å². The number of rotatable bonds is 2. The number of para-hydroxylation sites is 1. The molecule has 4 saturated carbocycles. The number of aromatic hydroxyl groups is 1. The van der Waals surface area contributed by atoms with E-state index in [2.05, 4.69) is 11.6 Å². The summed E-state index contributed by atoms with van der Waals surface area (Å²) in [5.41, 5.74) is 1.40. The summed E-state index contributed by atoms with van der Waals surface area (Å²) >= 11 is 0. The van der Waals surface area contributed by atoms with Gasteiger partial charge in [0.15, 0.2) is 0 Å². The van der Waals surface area contributed by atoms with E-state index in [1.807, 2.05) is 24.3 Å². The molecular formula is C22H27NO3. The van der Waals surface area contributed by atoms with E-state index in [4.69, 9.17) is 4.74 Å². The molecule has 0 aliphatic heterocycles. The van der Waals surface area contributed by atoms with Gasteiger partial charge in [-0.25, -0.2) is 4.79 Å². The Labute approximate surface area is 154 Å². The molecule has 4 nitrogen and oxygen atoms in total. The predicted octanol–water partition coefficient (Wildman–Crippen LogP) is 4.95. The lowest BCUT2D eigenvalue weighted by molar-refractivity contribution is -0.182. The molecule has 2 N–H and O–H groups in total. The Hall–Kier alpha value is -2.23. The standard InChI is InChI=1S/C14H20O2.C8H7NO/c1-9(2)13(15)16-14-6-10-3-11(7-14)5-12(4-10)8-14;10-8-5-9-7-4-2-1-3-6(7)8/h10-12H,1,3-8H2,2H3;1-5,9-10H. The van der Waals surface area contributed by atoms with Gasteiger partial charge in [0.2, 0.25) is 0 Å². The minimum atomic E-state index is -0.179. The van der Waals surface area contributed by atoms with E-state index >= 15 is 0 Å². The van der Waals surface area contributed by atoms with Crippen LogP contribution in [0.1, 0.15) is 45.4 Å². The lowest BCUT2D eigenvalue weighted by atomic mass is 9.54. The number of fused-ring (bicyclic) bond motifs is 1. The molecular weight excluding hydrogens is 326 g/mol. The Balaban J connectivity index is 0.000000144. The van der Waals surface area contributed by atoms with Gasteiger partial charge in [-0.15, -0.1) is 0 Å². The van der Waals surface area contributed by atoms with Crippen LogP contribution in [0.25, 0.3) is 10.9 Å².